The molecule has 3 N–H and O–H groups in total. The van der Waals surface area contributed by atoms with Gasteiger partial charge in [-0.25, -0.2) is 0 Å². The average Bonchev–Trinajstić information content (AvgIpc) is 2.77. The molecule has 0 aliphatic carbocycles. The molecule has 0 aromatic carbocycles. The van der Waals surface area contributed by atoms with Crippen LogP contribution in [0.15, 0.2) is 72.9 Å². The van der Waals surface area contributed by atoms with Crippen LogP contribution in [0.25, 0.3) is 0 Å². The van der Waals surface area contributed by atoms with E-state index in [0.29, 0.717) is 38.6 Å². The lowest BCUT2D eigenvalue weighted by Gasteiger charge is -2.20. The van der Waals surface area contributed by atoms with E-state index in [-0.39, 0.29) is 18.4 Å². The fourth-order valence-corrected chi connectivity index (χ4v) is 2.88. The maximum Gasteiger partial charge on any atom is 0.303 e. The predicted octanol–water partition coefficient (Wildman–Crippen LogP) is 5.06. The molecule has 0 radical (unpaired) electrons. The Morgan fingerprint density at radius 1 is 0.879 bits per heavy atom. The molecule has 33 heavy (non-hydrogen) atoms. The number of rotatable bonds is 19. The van der Waals surface area contributed by atoms with Gasteiger partial charge in [-0.15, -0.1) is 0 Å². The SMILES string of the molecule is CC/C=C\CC(O)/C=C/C=C\C=C\C=C\C(CCC(C)OC=O)C(O)C/C=C\CCC(=O)O. The zero-order chi connectivity index (χ0) is 24.7. The summed E-state index contributed by atoms with van der Waals surface area (Å²) in [6.45, 7) is 4.29. The van der Waals surface area contributed by atoms with Gasteiger partial charge in [0.15, 0.2) is 0 Å². The smallest absolute Gasteiger partial charge is 0.303 e. The van der Waals surface area contributed by atoms with E-state index >= 15 is 0 Å². The molecule has 6 heteroatoms. The molecule has 0 fully saturated rings. The highest BCUT2D eigenvalue weighted by Gasteiger charge is 2.16. The van der Waals surface area contributed by atoms with Gasteiger partial charge in [0, 0.05) is 12.3 Å². The van der Waals surface area contributed by atoms with Gasteiger partial charge in [-0.2, -0.15) is 0 Å². The van der Waals surface area contributed by atoms with Crippen molar-refractivity contribution in [3.05, 3.63) is 72.9 Å². The molecular formula is C27H40O6. The third kappa shape index (κ3) is 19.7. The molecule has 0 heterocycles. The third-order valence-electron chi connectivity index (χ3n) is 4.78. The lowest BCUT2D eigenvalue weighted by atomic mass is 9.92. The molecule has 4 unspecified atom stereocenters. The topological polar surface area (TPSA) is 104 Å². The number of ether oxygens (including phenoxy) is 1. The number of carbonyl (C=O) groups is 2. The van der Waals surface area contributed by atoms with E-state index in [1.165, 1.54) is 0 Å². The molecule has 0 aromatic rings. The number of aliphatic hydroxyl groups excluding tert-OH is 2. The molecule has 0 bridgehead atoms. The highest BCUT2D eigenvalue weighted by molar-refractivity contribution is 5.66. The summed E-state index contributed by atoms with van der Waals surface area (Å²) >= 11 is 0. The third-order valence-corrected chi connectivity index (χ3v) is 4.78. The van der Waals surface area contributed by atoms with Crippen molar-refractivity contribution in [1.82, 2.24) is 0 Å². The Balaban J connectivity index is 4.72. The lowest BCUT2D eigenvalue weighted by Crippen LogP contribution is -2.20. The van der Waals surface area contributed by atoms with Crippen LogP contribution in [0, 0.1) is 5.92 Å². The van der Waals surface area contributed by atoms with Gasteiger partial charge in [-0.3, -0.25) is 9.59 Å². The van der Waals surface area contributed by atoms with E-state index in [1.807, 2.05) is 55.5 Å². The summed E-state index contributed by atoms with van der Waals surface area (Å²) < 4.78 is 4.93. The van der Waals surface area contributed by atoms with Crippen molar-refractivity contribution in [2.75, 3.05) is 0 Å². The largest absolute Gasteiger partial charge is 0.481 e. The number of aliphatic carboxylic acids is 1. The van der Waals surface area contributed by atoms with Crippen molar-refractivity contribution in [2.45, 2.75) is 77.1 Å². The van der Waals surface area contributed by atoms with Gasteiger partial charge in [0.25, 0.3) is 6.47 Å². The first-order chi connectivity index (χ1) is 15.9. The maximum absolute atomic E-state index is 10.6. The quantitative estimate of drug-likeness (QED) is 0.141. The second kappa shape index (κ2) is 21.2. The van der Waals surface area contributed by atoms with Crippen LogP contribution in [0.1, 0.15) is 58.8 Å². The molecule has 0 amide bonds. The van der Waals surface area contributed by atoms with Gasteiger partial charge < -0.3 is 20.1 Å². The van der Waals surface area contributed by atoms with Crippen molar-refractivity contribution in [1.29, 1.82) is 0 Å². The minimum absolute atomic E-state index is 0.0683. The number of hydrogen-bond acceptors (Lipinski definition) is 5. The summed E-state index contributed by atoms with van der Waals surface area (Å²) in [7, 11) is 0. The minimum atomic E-state index is -0.846. The summed E-state index contributed by atoms with van der Waals surface area (Å²) in [5.41, 5.74) is 0. The molecule has 0 aromatic heterocycles. The Labute approximate surface area is 198 Å². The first-order valence-electron chi connectivity index (χ1n) is 11.6. The highest BCUT2D eigenvalue weighted by Crippen LogP contribution is 2.19. The van der Waals surface area contributed by atoms with Gasteiger partial charge in [0.2, 0.25) is 0 Å². The van der Waals surface area contributed by atoms with Crippen LogP contribution in [0.2, 0.25) is 0 Å². The van der Waals surface area contributed by atoms with Crippen molar-refractivity contribution in [2.24, 2.45) is 5.92 Å². The van der Waals surface area contributed by atoms with Gasteiger partial charge >= 0.3 is 5.97 Å². The van der Waals surface area contributed by atoms with Crippen LogP contribution in [0.5, 0.6) is 0 Å². The fraction of sp³-hybridized carbons (Fsp3) is 0.481. The first kappa shape index (κ1) is 30.3. The number of carboxylic acid groups (broad SMARTS) is 1. The molecule has 0 rings (SSSR count). The summed E-state index contributed by atoms with van der Waals surface area (Å²) in [6, 6.07) is 0. The summed E-state index contributed by atoms with van der Waals surface area (Å²) in [4.78, 5) is 21.0. The highest BCUT2D eigenvalue weighted by atomic mass is 16.5. The first-order valence-corrected chi connectivity index (χ1v) is 11.6. The second-order valence-electron chi connectivity index (χ2n) is 7.71. The van der Waals surface area contributed by atoms with Crippen molar-refractivity contribution >= 4 is 12.4 Å². The fourth-order valence-electron chi connectivity index (χ4n) is 2.88. The second-order valence-corrected chi connectivity index (χ2v) is 7.71. The molecule has 0 aliphatic heterocycles. The van der Waals surface area contributed by atoms with Gasteiger partial charge in [0.05, 0.1) is 18.3 Å². The molecule has 0 saturated carbocycles. The van der Waals surface area contributed by atoms with Crippen molar-refractivity contribution < 1.29 is 29.6 Å². The Morgan fingerprint density at radius 2 is 1.52 bits per heavy atom. The molecule has 0 saturated heterocycles. The van der Waals surface area contributed by atoms with Crippen LogP contribution in [-0.2, 0) is 14.3 Å². The van der Waals surface area contributed by atoms with Crippen LogP contribution in [0.3, 0.4) is 0 Å². The van der Waals surface area contributed by atoms with E-state index in [0.717, 1.165) is 6.42 Å². The summed E-state index contributed by atoms with van der Waals surface area (Å²) in [5.74, 6) is -0.978. The van der Waals surface area contributed by atoms with E-state index < -0.39 is 18.2 Å². The van der Waals surface area contributed by atoms with Crippen molar-refractivity contribution in [3.8, 4) is 0 Å². The molecule has 4 atom stereocenters. The molecule has 6 nitrogen and oxygen atoms in total. The molecule has 0 aliphatic rings. The standard InChI is InChI=1S/C27H40O6/c1-3-4-10-16-25(29)17-12-8-6-5-7-11-15-24(21-20-23(2)33-22-28)26(30)18-13-9-14-19-27(31)32/h4-13,15,17,22-26,29-30H,3,14,16,18-21H2,1-2H3,(H,31,32)/b7-5+,8-6-,10-4-,13-9-,15-11+,17-12+. The predicted molar refractivity (Wildman–Crippen MR) is 133 cm³/mol. The Morgan fingerprint density at radius 3 is 2.15 bits per heavy atom. The Kier molecular flexibility index (Phi) is 19.4. The monoisotopic (exact) mass is 460 g/mol. The summed E-state index contributed by atoms with van der Waals surface area (Å²) in [6.07, 6.45) is 24.7. The Hall–Kier alpha value is -2.70. The minimum Gasteiger partial charge on any atom is -0.481 e. The number of carboxylic acids is 1. The zero-order valence-corrected chi connectivity index (χ0v) is 19.8. The van der Waals surface area contributed by atoms with Crippen molar-refractivity contribution in [3.63, 3.8) is 0 Å². The van der Waals surface area contributed by atoms with Crippen LogP contribution >= 0.6 is 0 Å². The van der Waals surface area contributed by atoms with E-state index in [9.17, 15) is 19.8 Å². The van der Waals surface area contributed by atoms with E-state index in [4.69, 9.17) is 9.84 Å². The number of allylic oxidation sites excluding steroid dienone is 8. The Bertz CT molecular complexity index is 687. The molecular weight excluding hydrogens is 420 g/mol. The number of aliphatic hydroxyl groups is 2. The van der Waals surface area contributed by atoms with Gasteiger partial charge in [-0.05, 0) is 45.4 Å². The van der Waals surface area contributed by atoms with Crippen LogP contribution in [0.4, 0.5) is 0 Å². The van der Waals surface area contributed by atoms with Crippen LogP contribution in [-0.4, -0.2) is 46.1 Å². The summed E-state index contributed by atoms with van der Waals surface area (Å²) in [5, 5.41) is 29.0. The van der Waals surface area contributed by atoms with E-state index in [2.05, 4.69) is 6.92 Å². The van der Waals surface area contributed by atoms with E-state index in [1.54, 1.807) is 24.3 Å². The maximum atomic E-state index is 10.6. The zero-order valence-electron chi connectivity index (χ0n) is 19.8. The van der Waals surface area contributed by atoms with Crippen LogP contribution < -0.4 is 0 Å². The average molecular weight is 461 g/mol. The normalized spacial score (nSPS) is 16.5. The van der Waals surface area contributed by atoms with Gasteiger partial charge in [-0.1, -0.05) is 79.8 Å². The molecule has 0 spiro atoms. The lowest BCUT2D eigenvalue weighted by molar-refractivity contribution is -0.137. The number of hydrogen-bond donors (Lipinski definition) is 3. The van der Waals surface area contributed by atoms with Gasteiger partial charge in [0.1, 0.15) is 0 Å². The molecule has 184 valence electrons. The number of carbonyl (C=O) groups excluding carboxylic acids is 1.